The predicted molar refractivity (Wildman–Crippen MR) is 149 cm³/mol. The largest absolute Gasteiger partial charge is 0.379 e. The van der Waals surface area contributed by atoms with E-state index in [9.17, 15) is 10.1 Å². The Kier molecular flexibility index (Phi) is 8.25. The minimum Gasteiger partial charge on any atom is -0.379 e. The highest BCUT2D eigenvalue weighted by Crippen LogP contribution is 2.28. The van der Waals surface area contributed by atoms with E-state index in [1.165, 1.54) is 11.9 Å². The summed E-state index contributed by atoms with van der Waals surface area (Å²) in [7, 11) is 0. The first-order chi connectivity index (χ1) is 18.5. The van der Waals surface area contributed by atoms with Gasteiger partial charge in [0.25, 0.3) is 5.91 Å². The molecule has 1 amide bonds. The van der Waals surface area contributed by atoms with Crippen LogP contribution in [0.25, 0.3) is 0 Å². The van der Waals surface area contributed by atoms with Gasteiger partial charge in [-0.1, -0.05) is 29.3 Å². The molecule has 3 aromatic rings. The molecular formula is C27H27Cl2N7O2. The van der Waals surface area contributed by atoms with Crippen LogP contribution in [0, 0.1) is 11.3 Å². The van der Waals surface area contributed by atoms with E-state index in [0.29, 0.717) is 6.04 Å². The minimum absolute atomic E-state index is 0.0345. The summed E-state index contributed by atoms with van der Waals surface area (Å²) in [5.74, 6) is -0.376. The first-order valence-electron chi connectivity index (χ1n) is 12.5. The van der Waals surface area contributed by atoms with Gasteiger partial charge < -0.3 is 20.3 Å². The summed E-state index contributed by atoms with van der Waals surface area (Å²) in [6.07, 6.45) is 3.65. The highest BCUT2D eigenvalue weighted by molar-refractivity contribution is 6.35. The fourth-order valence-electron chi connectivity index (χ4n) is 4.82. The number of carbonyl (C=O) groups excluding carboxylic acids is 1. The Bertz CT molecular complexity index is 1330. The van der Waals surface area contributed by atoms with E-state index in [-0.39, 0.29) is 32.9 Å². The number of rotatable bonds is 6. The number of nitrogens with zero attached hydrogens (tertiary/aromatic N) is 5. The summed E-state index contributed by atoms with van der Waals surface area (Å²) in [4.78, 5) is 26.4. The number of aromatic nitrogens is 2. The maximum absolute atomic E-state index is 12.9. The van der Waals surface area contributed by atoms with Crippen molar-refractivity contribution >= 4 is 52.1 Å². The molecule has 2 N–H and O–H groups in total. The molecule has 9 nitrogen and oxygen atoms in total. The molecule has 5 rings (SSSR count). The maximum atomic E-state index is 12.9. The summed E-state index contributed by atoms with van der Waals surface area (Å²) >= 11 is 12.4. The van der Waals surface area contributed by atoms with Gasteiger partial charge in [0, 0.05) is 43.6 Å². The number of hydrogen-bond acceptors (Lipinski definition) is 8. The van der Waals surface area contributed by atoms with Crippen molar-refractivity contribution in [3.05, 3.63) is 70.0 Å². The van der Waals surface area contributed by atoms with Gasteiger partial charge in [-0.25, -0.2) is 9.97 Å². The monoisotopic (exact) mass is 551 g/mol. The number of anilines is 4. The van der Waals surface area contributed by atoms with Crippen molar-refractivity contribution in [2.45, 2.75) is 18.9 Å². The van der Waals surface area contributed by atoms with Gasteiger partial charge in [-0.2, -0.15) is 5.26 Å². The van der Waals surface area contributed by atoms with Crippen molar-refractivity contribution in [1.82, 2.24) is 14.9 Å². The van der Waals surface area contributed by atoms with Gasteiger partial charge in [0.1, 0.15) is 6.07 Å². The van der Waals surface area contributed by atoms with Crippen LogP contribution in [0.5, 0.6) is 0 Å². The first-order valence-corrected chi connectivity index (χ1v) is 13.2. The molecule has 11 heteroatoms. The Labute approximate surface area is 231 Å². The van der Waals surface area contributed by atoms with Gasteiger partial charge in [-0.3, -0.25) is 9.69 Å². The van der Waals surface area contributed by atoms with Crippen molar-refractivity contribution in [2.75, 3.05) is 54.9 Å². The van der Waals surface area contributed by atoms with E-state index in [1.807, 2.05) is 18.2 Å². The quantitative estimate of drug-likeness (QED) is 0.443. The molecule has 0 atom stereocenters. The standard InChI is InChI=1S/C27H27Cl2N7O2/c28-22-3-1-2-18(16-30)24(22)33-26(37)25-23(29)17-31-27(34-25)32-19-4-6-20(7-5-19)35-10-8-21(9-11-35)36-12-14-38-15-13-36/h1-7,17,21H,8-15H2,(H,33,37)(H,31,32,34). The van der Waals surface area contributed by atoms with Crippen LogP contribution in [-0.4, -0.2) is 66.2 Å². The maximum Gasteiger partial charge on any atom is 0.276 e. The smallest absolute Gasteiger partial charge is 0.276 e. The van der Waals surface area contributed by atoms with E-state index in [4.69, 9.17) is 27.9 Å². The van der Waals surface area contributed by atoms with Gasteiger partial charge in [0.05, 0.1) is 40.7 Å². The second kappa shape index (κ2) is 12.0. The molecule has 2 aliphatic heterocycles. The summed E-state index contributed by atoms with van der Waals surface area (Å²) < 4.78 is 5.49. The molecule has 196 valence electrons. The molecule has 2 saturated heterocycles. The van der Waals surface area contributed by atoms with Crippen LogP contribution >= 0.6 is 23.2 Å². The molecule has 0 saturated carbocycles. The molecular weight excluding hydrogens is 525 g/mol. The molecule has 0 bridgehead atoms. The summed E-state index contributed by atoms with van der Waals surface area (Å²) in [6.45, 7) is 5.77. The Morgan fingerprint density at radius 1 is 1.03 bits per heavy atom. The van der Waals surface area contributed by atoms with Crippen molar-refractivity contribution < 1.29 is 9.53 Å². The van der Waals surface area contributed by atoms with Crippen molar-refractivity contribution in [3.63, 3.8) is 0 Å². The number of para-hydroxylation sites is 1. The third-order valence-electron chi connectivity index (χ3n) is 6.85. The Morgan fingerprint density at radius 3 is 2.47 bits per heavy atom. The second-order valence-corrected chi connectivity index (χ2v) is 9.97. The number of carbonyl (C=O) groups is 1. The zero-order chi connectivity index (χ0) is 26.5. The number of nitriles is 1. The van der Waals surface area contributed by atoms with Crippen LogP contribution in [0.4, 0.5) is 23.0 Å². The third kappa shape index (κ3) is 6.00. The SMILES string of the molecule is N#Cc1cccc(Cl)c1NC(=O)c1nc(Nc2ccc(N3CCC(N4CCOCC4)CC3)cc2)ncc1Cl. The molecule has 2 aliphatic rings. The van der Waals surface area contributed by atoms with Crippen LogP contribution in [0.15, 0.2) is 48.7 Å². The third-order valence-corrected chi connectivity index (χ3v) is 7.44. The fraction of sp³-hybridized carbons (Fsp3) is 0.333. The lowest BCUT2D eigenvalue weighted by molar-refractivity contribution is 0.0115. The molecule has 0 unspecified atom stereocenters. The number of hydrogen-bond donors (Lipinski definition) is 2. The minimum atomic E-state index is -0.596. The average Bonchev–Trinajstić information content (AvgIpc) is 2.96. The van der Waals surface area contributed by atoms with Crippen LogP contribution in [0.2, 0.25) is 10.0 Å². The number of piperidine rings is 1. The average molecular weight is 552 g/mol. The fourth-order valence-corrected chi connectivity index (χ4v) is 5.22. The van der Waals surface area contributed by atoms with Crippen molar-refractivity contribution in [2.24, 2.45) is 0 Å². The topological polar surface area (TPSA) is 106 Å². The molecule has 2 fully saturated rings. The molecule has 2 aromatic carbocycles. The van der Waals surface area contributed by atoms with Gasteiger partial charge in [-0.15, -0.1) is 0 Å². The molecule has 3 heterocycles. The Morgan fingerprint density at radius 2 is 1.76 bits per heavy atom. The molecule has 0 aliphatic carbocycles. The lowest BCUT2D eigenvalue weighted by Crippen LogP contribution is -2.49. The number of nitrogens with one attached hydrogen (secondary N) is 2. The first kappa shape index (κ1) is 26.2. The molecule has 1 aromatic heterocycles. The van der Waals surface area contributed by atoms with Crippen LogP contribution in [-0.2, 0) is 4.74 Å². The molecule has 0 spiro atoms. The number of ether oxygens (including phenoxy) is 1. The van der Waals surface area contributed by atoms with Gasteiger partial charge >= 0.3 is 0 Å². The van der Waals surface area contributed by atoms with Gasteiger partial charge in [0.15, 0.2) is 5.69 Å². The van der Waals surface area contributed by atoms with Crippen molar-refractivity contribution in [3.8, 4) is 6.07 Å². The lowest BCUT2D eigenvalue weighted by atomic mass is 10.0. The van der Waals surface area contributed by atoms with Crippen LogP contribution in [0.3, 0.4) is 0 Å². The molecule has 38 heavy (non-hydrogen) atoms. The summed E-state index contributed by atoms with van der Waals surface area (Å²) in [5.41, 5.74) is 2.35. The zero-order valence-corrected chi connectivity index (χ0v) is 22.2. The van der Waals surface area contributed by atoms with Gasteiger partial charge in [-0.05, 0) is 49.2 Å². The van der Waals surface area contributed by atoms with E-state index in [2.05, 4.69) is 42.5 Å². The predicted octanol–water partition coefficient (Wildman–Crippen LogP) is 4.95. The normalized spacial score (nSPS) is 16.6. The Balaban J connectivity index is 1.22. The van der Waals surface area contributed by atoms with Crippen LogP contribution < -0.4 is 15.5 Å². The van der Waals surface area contributed by atoms with E-state index in [0.717, 1.165) is 57.9 Å². The Hall–Kier alpha value is -3.42. The highest BCUT2D eigenvalue weighted by Gasteiger charge is 2.26. The number of amides is 1. The lowest BCUT2D eigenvalue weighted by Gasteiger charge is -2.40. The zero-order valence-electron chi connectivity index (χ0n) is 20.7. The van der Waals surface area contributed by atoms with E-state index >= 15 is 0 Å². The summed E-state index contributed by atoms with van der Waals surface area (Å²) in [6, 6.07) is 15.5. The van der Waals surface area contributed by atoms with E-state index in [1.54, 1.807) is 18.2 Å². The summed E-state index contributed by atoms with van der Waals surface area (Å²) in [5, 5.41) is 15.4. The van der Waals surface area contributed by atoms with E-state index < -0.39 is 5.91 Å². The highest BCUT2D eigenvalue weighted by atomic mass is 35.5. The van der Waals surface area contributed by atoms with Gasteiger partial charge in [0.2, 0.25) is 5.95 Å². The van der Waals surface area contributed by atoms with Crippen LogP contribution in [0.1, 0.15) is 28.9 Å². The molecule has 0 radical (unpaired) electrons. The second-order valence-electron chi connectivity index (χ2n) is 9.16. The van der Waals surface area contributed by atoms with Crippen molar-refractivity contribution in [1.29, 1.82) is 5.26 Å². The number of halogens is 2. The number of morpholine rings is 1. The number of benzene rings is 2.